The van der Waals surface area contributed by atoms with Gasteiger partial charge in [0.15, 0.2) is 6.79 Å². The first-order valence-electron chi connectivity index (χ1n) is 48.9. The molecule has 138 heavy (non-hydrogen) atoms. The van der Waals surface area contributed by atoms with Crippen LogP contribution in [0.15, 0.2) is 291 Å². The number of aromatic nitrogens is 6. The quantitative estimate of drug-likeness (QED) is 0.0475. The third kappa shape index (κ3) is 27.1. The third-order valence-corrected chi connectivity index (χ3v) is 25.2. The minimum Gasteiger partial charge on any atom is -0.505 e. The standard InChI is InChI=1S/C47H47N3O2.C44H41N3O2.2C8H11N.2C4H11N.2C3H8O.ClH/c1-6-48(25-23-35-27-32(2)29-45(34(35)4)49-41-19-11-7-15-37(41)38-16-8-12-20-42(38)49)26-24-36-28-33(3)30-46(47(36)52-31-51-5)50-43-21-13-9-17-39(43)40-18-10-14-22-44(40)50;1-4-45(23-21-31-25-29(2)27-41(43(31)48)46-37-17-9-5-13-33(37)34-14-6-10-18-38(34)46)24-22-32-26-30(3)28-42(44(32)49)47-39-19-11-7-15-35(39)36-16-8-12-20-40(36)47;2*1-7(2)8-5-3-4-6-9-8;2*1-4-5(2)3;2*1-3-4-2;/h7-22,27-30H,6,23-26,31H2,1-5H3;5-20,25-28,48-49H,4,21-24H2,1-3H3;2*3-7H,1-2H3;2*4H2,1-3H3;2*3H2,1-2H3;1H. The molecular formula is C121H149ClN10O6. The van der Waals surface area contributed by atoms with E-state index in [1.807, 2.05) is 62.6 Å². The molecule has 0 spiro atoms. The van der Waals surface area contributed by atoms with Gasteiger partial charge in [-0.1, -0.05) is 237 Å². The van der Waals surface area contributed by atoms with Crippen LogP contribution in [0, 0.1) is 34.6 Å². The first-order valence-corrected chi connectivity index (χ1v) is 48.9. The SMILES string of the molecule is CC(C)c1ccccn1.CC(C)c1ccccn1.CCN(C)C.CCN(C)C.CCN(CCc1cc(C)cc(-n2c3ccccc3c3ccccc32)c1C)CCc1cc(C)cc(-n2c3ccccc3c3ccccc32)c1OCOC.CCN(CCc1cc(C)cc(-n2c3ccccc3c3ccccc32)c1O)CCc1cc(C)cc(-n2c3ccccc3c3ccccc32)c1O.CCOC.CCOC.Cl. The molecule has 18 aromatic rings. The van der Waals surface area contributed by atoms with E-state index in [4.69, 9.17) is 9.47 Å². The molecule has 16 nitrogen and oxygen atoms in total. The molecule has 17 heteroatoms. The number of halogens is 1. The van der Waals surface area contributed by atoms with E-state index in [2.05, 4.69) is 418 Å². The van der Waals surface area contributed by atoms with Gasteiger partial charge in [-0.2, -0.15) is 0 Å². The molecule has 18 rings (SSSR count). The van der Waals surface area contributed by atoms with Gasteiger partial charge in [0.05, 0.1) is 61.2 Å². The molecular weight excluding hydrogens is 1720 g/mol. The van der Waals surface area contributed by atoms with Crippen LogP contribution < -0.4 is 4.74 Å². The average molecular weight is 1880 g/mol. The lowest BCUT2D eigenvalue weighted by Gasteiger charge is -2.24. The van der Waals surface area contributed by atoms with E-state index in [1.54, 1.807) is 21.3 Å². The number of benzene rings is 12. The maximum absolute atomic E-state index is 11.8. The molecule has 0 amide bonds. The highest BCUT2D eigenvalue weighted by Crippen LogP contribution is 2.43. The van der Waals surface area contributed by atoms with Crippen LogP contribution in [0.4, 0.5) is 0 Å². The molecule has 0 aliphatic rings. The summed E-state index contributed by atoms with van der Waals surface area (Å²) in [6.07, 6.45) is 6.96. The molecule has 0 aliphatic carbocycles. The highest BCUT2D eigenvalue weighted by atomic mass is 35.5. The summed E-state index contributed by atoms with van der Waals surface area (Å²) in [6.45, 7) is 41.6. The summed E-state index contributed by atoms with van der Waals surface area (Å²) in [7, 11) is 13.3. The molecule has 2 N–H and O–H groups in total. The third-order valence-electron chi connectivity index (χ3n) is 25.2. The van der Waals surface area contributed by atoms with E-state index >= 15 is 0 Å². The van der Waals surface area contributed by atoms with Crippen molar-refractivity contribution in [1.82, 2.24) is 47.8 Å². The van der Waals surface area contributed by atoms with Crippen LogP contribution in [0.1, 0.15) is 143 Å². The molecule has 0 bridgehead atoms. The number of fused-ring (bicyclic) bond motifs is 12. The topological polar surface area (TPSA) is 136 Å². The van der Waals surface area contributed by atoms with Crippen LogP contribution in [0.3, 0.4) is 0 Å². The fourth-order valence-electron chi connectivity index (χ4n) is 17.4. The summed E-state index contributed by atoms with van der Waals surface area (Å²) < 4.78 is 30.2. The van der Waals surface area contributed by atoms with E-state index in [0.717, 1.165) is 170 Å². The Bertz CT molecular complexity index is 6410. The van der Waals surface area contributed by atoms with E-state index in [0.29, 0.717) is 23.3 Å². The Hall–Kier alpha value is -12.5. The number of phenolic OH excluding ortho intramolecular Hbond substituents is 2. The number of aromatic hydroxyl groups is 2. The van der Waals surface area contributed by atoms with Crippen LogP contribution in [0.2, 0.25) is 0 Å². The largest absolute Gasteiger partial charge is 0.505 e. The second kappa shape index (κ2) is 53.5. The molecule has 0 fully saturated rings. The van der Waals surface area contributed by atoms with Crippen molar-refractivity contribution in [3.63, 3.8) is 0 Å². The number of para-hydroxylation sites is 8. The van der Waals surface area contributed by atoms with E-state index in [1.165, 1.54) is 98.7 Å². The van der Waals surface area contributed by atoms with Crippen LogP contribution in [0.5, 0.6) is 17.2 Å². The van der Waals surface area contributed by atoms with E-state index in [-0.39, 0.29) is 19.2 Å². The van der Waals surface area contributed by atoms with Crippen molar-refractivity contribution in [2.24, 2.45) is 0 Å². The maximum atomic E-state index is 11.8. The van der Waals surface area contributed by atoms with E-state index in [9.17, 15) is 10.2 Å². The van der Waals surface area contributed by atoms with Gasteiger partial charge in [-0.3, -0.25) is 9.97 Å². The van der Waals surface area contributed by atoms with Gasteiger partial charge >= 0.3 is 0 Å². The smallest absolute Gasteiger partial charge is 0.188 e. The van der Waals surface area contributed by atoms with Crippen LogP contribution in [-0.2, 0) is 39.9 Å². The Morgan fingerprint density at radius 2 is 0.543 bits per heavy atom. The second-order valence-electron chi connectivity index (χ2n) is 36.1. The summed E-state index contributed by atoms with van der Waals surface area (Å²) in [6, 6.07) is 98.2. The van der Waals surface area contributed by atoms with Gasteiger partial charge in [0, 0.05) is 133 Å². The van der Waals surface area contributed by atoms with Crippen molar-refractivity contribution in [1.29, 1.82) is 0 Å². The molecule has 12 aromatic carbocycles. The zero-order valence-electron chi connectivity index (χ0n) is 85.9. The van der Waals surface area contributed by atoms with E-state index < -0.39 is 0 Å². The van der Waals surface area contributed by atoms with Gasteiger partial charge < -0.3 is 67.0 Å². The second-order valence-corrected chi connectivity index (χ2v) is 36.1. The Labute approximate surface area is 827 Å². The van der Waals surface area contributed by atoms with Crippen molar-refractivity contribution in [3.05, 3.63) is 353 Å². The number of rotatable bonds is 27. The maximum Gasteiger partial charge on any atom is 0.188 e. The number of aryl methyl sites for hydroxylation is 4. The van der Waals surface area contributed by atoms with Crippen LogP contribution >= 0.6 is 12.4 Å². The van der Waals surface area contributed by atoms with Crippen molar-refractivity contribution < 1.29 is 29.2 Å². The van der Waals surface area contributed by atoms with Gasteiger partial charge in [0.25, 0.3) is 0 Å². The van der Waals surface area contributed by atoms with Crippen LogP contribution in [-0.4, -0.2) is 180 Å². The monoisotopic (exact) mass is 1870 g/mol. The molecule has 0 saturated heterocycles. The van der Waals surface area contributed by atoms with Crippen molar-refractivity contribution in [2.75, 3.05) is 122 Å². The molecule has 0 aliphatic heterocycles. The number of nitrogens with zero attached hydrogens (tertiary/aromatic N) is 10. The minimum absolute atomic E-state index is 0. The summed E-state index contributed by atoms with van der Waals surface area (Å²) >= 11 is 0. The first-order chi connectivity index (χ1) is 66.4. The fraction of sp³-hybridized carbons (Fsp3) is 0.322. The van der Waals surface area contributed by atoms with Crippen molar-refractivity contribution >= 4 is 99.6 Å². The molecule has 0 saturated carbocycles. The summed E-state index contributed by atoms with van der Waals surface area (Å²) in [4.78, 5) is 17.6. The molecule has 0 radical (unpaired) electrons. The molecule has 0 atom stereocenters. The number of methoxy groups -OCH3 is 3. The highest BCUT2D eigenvalue weighted by molar-refractivity contribution is 6.12. The molecule has 6 heterocycles. The fourth-order valence-corrected chi connectivity index (χ4v) is 17.4. The van der Waals surface area contributed by atoms with Gasteiger partial charge in [0.1, 0.15) is 17.2 Å². The summed E-state index contributed by atoms with van der Waals surface area (Å²) in [5, 5.41) is 33.3. The first kappa shape index (κ1) is 108. The number of pyridine rings is 2. The summed E-state index contributed by atoms with van der Waals surface area (Å²) in [5.74, 6) is 2.65. The van der Waals surface area contributed by atoms with Gasteiger partial charge in [-0.05, 0) is 287 Å². The Kier molecular flexibility index (Phi) is 41.7. The van der Waals surface area contributed by atoms with Crippen molar-refractivity contribution in [2.45, 2.75) is 141 Å². The molecule has 0 unspecified atom stereocenters. The van der Waals surface area contributed by atoms with Crippen LogP contribution in [0.25, 0.3) is 110 Å². The summed E-state index contributed by atoms with van der Waals surface area (Å²) in [5.41, 5.74) is 26.1. The number of hydrogen-bond donors (Lipinski definition) is 2. The Morgan fingerprint density at radius 1 is 0.304 bits per heavy atom. The number of hydrogen-bond acceptors (Lipinski definition) is 12. The highest BCUT2D eigenvalue weighted by Gasteiger charge is 2.25. The number of ether oxygens (including phenoxy) is 4. The lowest BCUT2D eigenvalue weighted by Crippen LogP contribution is -2.28. The Morgan fingerprint density at radius 3 is 0.797 bits per heavy atom. The lowest BCUT2D eigenvalue weighted by molar-refractivity contribution is 0.0503. The number of likely N-dealkylation sites (N-methyl/N-ethyl adjacent to an activating group) is 2. The predicted molar refractivity (Wildman–Crippen MR) is 589 cm³/mol. The zero-order valence-corrected chi connectivity index (χ0v) is 86.7. The normalized spacial score (nSPS) is 11.2. The molecule has 726 valence electrons. The van der Waals surface area contributed by atoms with Gasteiger partial charge in [0.2, 0.25) is 0 Å². The lowest BCUT2D eigenvalue weighted by atomic mass is 9.99. The minimum atomic E-state index is 0. The van der Waals surface area contributed by atoms with Gasteiger partial charge in [-0.15, -0.1) is 12.4 Å². The number of phenols is 2. The average Bonchev–Trinajstić information content (AvgIpc) is 1.67. The van der Waals surface area contributed by atoms with Gasteiger partial charge in [-0.25, -0.2) is 0 Å². The van der Waals surface area contributed by atoms with Crippen molar-refractivity contribution in [3.8, 4) is 40.0 Å². The molecule has 6 aromatic heterocycles. The zero-order chi connectivity index (χ0) is 98.2. The Balaban J connectivity index is 0.000000208. The predicted octanol–water partition coefficient (Wildman–Crippen LogP) is 28.2.